The number of phenols is 1. The van der Waals surface area contributed by atoms with E-state index in [0.29, 0.717) is 42.0 Å². The molecule has 3 fully saturated rings. The molecule has 4 aliphatic heterocycles. The lowest BCUT2D eigenvalue weighted by atomic mass is 9.70. The van der Waals surface area contributed by atoms with Crippen LogP contribution in [0.5, 0.6) is 5.75 Å². The molecule has 4 heterocycles. The first-order valence-electron chi connectivity index (χ1n) is 19.3. The number of nitrogens with zero attached hydrogens (tertiary/aromatic N) is 4. The van der Waals surface area contributed by atoms with Crippen LogP contribution in [0, 0.1) is 11.8 Å². The number of carbonyl (C=O) groups is 3. The Hall–Kier alpha value is -4.37. The molecule has 51 heavy (non-hydrogen) atoms. The number of aromatic hydroxyl groups is 1. The first kappa shape index (κ1) is 33.8. The highest BCUT2D eigenvalue weighted by Gasteiger charge is 2.39. The van der Waals surface area contributed by atoms with Crippen molar-refractivity contribution in [1.82, 2.24) is 15.1 Å². The molecule has 3 aromatic carbocycles. The summed E-state index contributed by atoms with van der Waals surface area (Å²) in [5.74, 6) is 1.38. The van der Waals surface area contributed by atoms with Crippen molar-refractivity contribution in [3.05, 3.63) is 88.5 Å². The van der Waals surface area contributed by atoms with E-state index in [0.717, 1.165) is 63.5 Å². The zero-order chi connectivity index (χ0) is 35.1. The predicted molar refractivity (Wildman–Crippen MR) is 199 cm³/mol. The zero-order valence-corrected chi connectivity index (χ0v) is 29.9. The summed E-state index contributed by atoms with van der Waals surface area (Å²) in [5, 5.41) is 12.5. The van der Waals surface area contributed by atoms with E-state index in [2.05, 4.69) is 63.3 Å². The van der Waals surface area contributed by atoms with Gasteiger partial charge < -0.3 is 19.8 Å². The average Bonchev–Trinajstić information content (AvgIpc) is 3.47. The van der Waals surface area contributed by atoms with E-state index in [-0.39, 0.29) is 24.1 Å². The topological polar surface area (TPSA) is 96.4 Å². The number of rotatable bonds is 8. The number of hydrogen-bond acceptors (Lipinski definition) is 7. The molecule has 0 aromatic heterocycles. The van der Waals surface area contributed by atoms with Crippen LogP contribution in [-0.4, -0.2) is 84.5 Å². The Morgan fingerprint density at radius 2 is 1.51 bits per heavy atom. The minimum atomic E-state index is -0.581. The lowest BCUT2D eigenvalue weighted by Gasteiger charge is -2.40. The number of anilines is 2. The maximum Gasteiger partial charge on any atom is 0.255 e. The molecule has 3 atom stereocenters. The second-order valence-electron chi connectivity index (χ2n) is 15.5. The average molecular weight is 690 g/mol. The number of hydrogen-bond donors (Lipinski definition) is 2. The number of piperazine rings is 1. The Morgan fingerprint density at radius 1 is 0.765 bits per heavy atom. The van der Waals surface area contributed by atoms with Gasteiger partial charge in [0, 0.05) is 81.6 Å². The Morgan fingerprint density at radius 3 is 2.25 bits per heavy atom. The van der Waals surface area contributed by atoms with Gasteiger partial charge in [0.2, 0.25) is 11.8 Å². The zero-order valence-electron chi connectivity index (χ0n) is 29.9. The lowest BCUT2D eigenvalue weighted by Crippen LogP contribution is -2.52. The minimum Gasteiger partial charge on any atom is -0.508 e. The van der Waals surface area contributed by atoms with Gasteiger partial charge in [-0.1, -0.05) is 31.5 Å². The van der Waals surface area contributed by atoms with Gasteiger partial charge in [-0.15, -0.1) is 0 Å². The van der Waals surface area contributed by atoms with Crippen LogP contribution >= 0.6 is 0 Å². The van der Waals surface area contributed by atoms with Crippen LogP contribution in [0.2, 0.25) is 0 Å². The highest BCUT2D eigenvalue weighted by Crippen LogP contribution is 2.44. The van der Waals surface area contributed by atoms with Gasteiger partial charge in [0.05, 0.1) is 0 Å². The summed E-state index contributed by atoms with van der Waals surface area (Å²) in [4.78, 5) is 46.4. The first-order valence-corrected chi connectivity index (χ1v) is 19.3. The maximum atomic E-state index is 13.1. The molecule has 3 saturated heterocycles. The number of imide groups is 1. The number of carbonyl (C=O) groups excluding carboxylic acids is 3. The van der Waals surface area contributed by atoms with Crippen molar-refractivity contribution in [2.24, 2.45) is 11.8 Å². The summed E-state index contributed by atoms with van der Waals surface area (Å²) in [5.41, 5.74) is 8.21. The third-order valence-electron chi connectivity index (χ3n) is 12.4. The van der Waals surface area contributed by atoms with E-state index in [1.807, 2.05) is 24.3 Å². The smallest absolute Gasteiger partial charge is 0.255 e. The van der Waals surface area contributed by atoms with Gasteiger partial charge >= 0.3 is 0 Å². The van der Waals surface area contributed by atoms with Gasteiger partial charge in [0.1, 0.15) is 11.8 Å². The van der Waals surface area contributed by atoms with E-state index in [1.54, 1.807) is 4.90 Å². The maximum absolute atomic E-state index is 13.1. The highest BCUT2D eigenvalue weighted by molar-refractivity contribution is 6.05. The number of phenolic OH excluding ortho intramolecular Hbond substituents is 1. The molecule has 0 radical (unpaired) electrons. The predicted octanol–water partition coefficient (Wildman–Crippen LogP) is 5.69. The Bertz CT molecular complexity index is 1780. The van der Waals surface area contributed by atoms with E-state index >= 15 is 0 Å². The quantitative estimate of drug-likeness (QED) is 0.294. The van der Waals surface area contributed by atoms with E-state index in [4.69, 9.17) is 0 Å². The fourth-order valence-electron chi connectivity index (χ4n) is 9.58. The Labute approximate surface area is 301 Å². The Kier molecular flexibility index (Phi) is 9.49. The molecule has 3 aromatic rings. The molecular formula is C42H51N5O4. The SMILES string of the molecule is CCC[C@@H]1CCc2cc(O)ccc2[C@@H]1c1ccc(N2CCC(CN3CCN(c4ccc5c(c4)CN([C@H]4CCC(=O)NC4=O)C5=O)CC3)CC2)cc1. The molecule has 0 spiro atoms. The monoisotopic (exact) mass is 689 g/mol. The van der Waals surface area contributed by atoms with Crippen LogP contribution in [0.4, 0.5) is 11.4 Å². The van der Waals surface area contributed by atoms with Crippen molar-refractivity contribution in [2.75, 3.05) is 55.6 Å². The van der Waals surface area contributed by atoms with Gasteiger partial charge in [-0.2, -0.15) is 0 Å². The van der Waals surface area contributed by atoms with Crippen molar-refractivity contribution < 1.29 is 19.5 Å². The summed E-state index contributed by atoms with van der Waals surface area (Å²) in [6.45, 7) is 10.0. The molecule has 268 valence electrons. The van der Waals surface area contributed by atoms with E-state index in [1.165, 1.54) is 54.5 Å². The van der Waals surface area contributed by atoms with Gasteiger partial charge in [-0.3, -0.25) is 24.6 Å². The minimum absolute atomic E-state index is 0.118. The summed E-state index contributed by atoms with van der Waals surface area (Å²) in [7, 11) is 0. The van der Waals surface area contributed by atoms with Crippen LogP contribution in [-0.2, 0) is 22.6 Å². The molecule has 0 unspecified atom stereocenters. The van der Waals surface area contributed by atoms with Crippen LogP contribution in [0.3, 0.4) is 0 Å². The molecule has 9 heteroatoms. The van der Waals surface area contributed by atoms with E-state index < -0.39 is 6.04 Å². The van der Waals surface area contributed by atoms with Crippen LogP contribution in [0.1, 0.15) is 90.4 Å². The van der Waals surface area contributed by atoms with Gasteiger partial charge in [-0.25, -0.2) is 0 Å². The Balaban J connectivity index is 0.822. The second-order valence-corrected chi connectivity index (χ2v) is 15.5. The molecule has 2 N–H and O–H groups in total. The normalized spacial score (nSPS) is 24.5. The second kappa shape index (κ2) is 14.3. The fourth-order valence-corrected chi connectivity index (χ4v) is 9.58. The largest absolute Gasteiger partial charge is 0.508 e. The van der Waals surface area contributed by atoms with Gasteiger partial charge in [-0.05, 0) is 115 Å². The molecule has 1 aliphatic carbocycles. The summed E-state index contributed by atoms with van der Waals surface area (Å²) < 4.78 is 0. The van der Waals surface area contributed by atoms with Crippen molar-refractivity contribution >= 4 is 29.1 Å². The van der Waals surface area contributed by atoms with Crippen molar-refractivity contribution in [3.8, 4) is 5.75 Å². The molecule has 8 rings (SSSR count). The third-order valence-corrected chi connectivity index (χ3v) is 12.4. The lowest BCUT2D eigenvalue weighted by molar-refractivity contribution is -0.136. The molecule has 5 aliphatic rings. The molecule has 9 nitrogen and oxygen atoms in total. The molecular weight excluding hydrogens is 638 g/mol. The standard InChI is InChI=1S/C42H51N5O4/c1-2-3-29-4-5-31-25-35(48)11-13-36(31)40(29)30-6-8-33(9-7-30)45-18-16-28(17-19-45)26-44-20-22-46(23-21-44)34-10-12-37-32(24-34)27-47(42(37)51)38-14-15-39(49)43-41(38)50/h6-13,24-25,28-29,38,40,48H,2-5,14-23,26-27H2,1H3,(H,43,49,50)/t29-,38+,40+/m1/s1. The number of fused-ring (bicyclic) bond motifs is 2. The highest BCUT2D eigenvalue weighted by atomic mass is 16.3. The molecule has 3 amide bonds. The summed E-state index contributed by atoms with van der Waals surface area (Å²) in [6.07, 6.45) is 7.74. The summed E-state index contributed by atoms with van der Waals surface area (Å²) >= 11 is 0. The van der Waals surface area contributed by atoms with Gasteiger partial charge in [0.25, 0.3) is 5.91 Å². The van der Waals surface area contributed by atoms with Crippen molar-refractivity contribution in [1.29, 1.82) is 0 Å². The van der Waals surface area contributed by atoms with Crippen LogP contribution in [0.25, 0.3) is 0 Å². The number of nitrogens with one attached hydrogen (secondary N) is 1. The number of amides is 3. The third kappa shape index (κ3) is 6.85. The summed E-state index contributed by atoms with van der Waals surface area (Å²) in [6, 6.07) is 20.9. The number of aryl methyl sites for hydroxylation is 1. The number of benzene rings is 3. The molecule has 0 bridgehead atoms. The van der Waals surface area contributed by atoms with E-state index in [9.17, 15) is 19.5 Å². The van der Waals surface area contributed by atoms with Gasteiger partial charge in [0.15, 0.2) is 0 Å². The fraction of sp³-hybridized carbons (Fsp3) is 0.500. The van der Waals surface area contributed by atoms with Crippen LogP contribution < -0.4 is 15.1 Å². The van der Waals surface area contributed by atoms with Crippen molar-refractivity contribution in [2.45, 2.75) is 76.8 Å². The molecule has 0 saturated carbocycles. The van der Waals surface area contributed by atoms with Crippen LogP contribution in [0.15, 0.2) is 60.7 Å². The first-order chi connectivity index (χ1) is 24.8. The number of piperidine rings is 2. The van der Waals surface area contributed by atoms with Crippen molar-refractivity contribution in [3.63, 3.8) is 0 Å².